The van der Waals surface area contributed by atoms with Gasteiger partial charge < -0.3 is 29.9 Å². The molecule has 2 aromatic rings. The predicted octanol–water partition coefficient (Wildman–Crippen LogP) is 1.84. The van der Waals surface area contributed by atoms with E-state index in [0.29, 0.717) is 0 Å². The van der Waals surface area contributed by atoms with Crippen LogP contribution in [0.15, 0.2) is 42.3 Å². The van der Waals surface area contributed by atoms with E-state index in [-0.39, 0.29) is 17.9 Å². The SMILES string of the molecule is [2H]c1c([2H])c([C@@H]2O[C@]([2H])(CO)[C@@]([2H])(O)[C@]([2H])(O)[C@@]2([2H])O)c([2H])c(Cc2c([2H])c([2H])c(OCC)c([2H])c2[2H])c1Cl. The van der Waals surface area contributed by atoms with Crippen LogP contribution in [-0.2, 0) is 11.2 Å². The van der Waals surface area contributed by atoms with Gasteiger partial charge in [0, 0.05) is 5.02 Å². The Labute approximate surface area is 184 Å². The highest BCUT2D eigenvalue weighted by Crippen LogP contribution is 2.34. The molecular formula is C21H25ClO6. The van der Waals surface area contributed by atoms with Crippen LogP contribution < -0.4 is 4.74 Å². The summed E-state index contributed by atoms with van der Waals surface area (Å²) in [4.78, 5) is 0. The lowest BCUT2D eigenvalue weighted by Crippen LogP contribution is -2.55. The Kier molecular flexibility index (Phi) is 3.60. The molecule has 1 aliphatic rings. The second-order valence-electron chi connectivity index (χ2n) is 5.66. The molecule has 0 saturated carbocycles. The van der Waals surface area contributed by atoms with Crippen molar-refractivity contribution in [2.45, 2.75) is 43.8 Å². The Hall–Kier alpha value is -1.67. The molecule has 0 radical (unpaired) electrons. The molecule has 6 nitrogen and oxygen atoms in total. The van der Waals surface area contributed by atoms with Crippen molar-refractivity contribution >= 4 is 11.6 Å². The van der Waals surface area contributed by atoms with Gasteiger partial charge in [-0.05, 0) is 48.2 Å². The largest absolute Gasteiger partial charge is 0.494 e. The number of hydrogen-bond acceptors (Lipinski definition) is 6. The molecule has 7 heteroatoms. The Balaban J connectivity index is 2.31. The standard InChI is InChI=1S/C21H25ClO6/c1-2-27-15-6-3-12(4-7-15)9-14-10-13(5-8-16(14)22)21-20(26)19(25)18(24)17(11-23)28-21/h3-8,10,17-21,23-26H,2,9,11H2,1H3/t17-,18-,19+,20-,21+/m1/s1/i3D,4D,5D,6D,7D,8D,10D,17D,18D,19D,20D. The average Bonchev–Trinajstić information content (AvgIpc) is 2.86. The van der Waals surface area contributed by atoms with Gasteiger partial charge in [0.1, 0.15) is 36.2 Å². The summed E-state index contributed by atoms with van der Waals surface area (Å²) in [5.74, 6) is -0.319. The van der Waals surface area contributed by atoms with Crippen LogP contribution in [0.5, 0.6) is 5.75 Å². The van der Waals surface area contributed by atoms with Gasteiger partial charge in [0.05, 0.1) is 28.3 Å². The fourth-order valence-corrected chi connectivity index (χ4v) is 2.61. The van der Waals surface area contributed by atoms with Crippen LogP contribution in [0, 0.1) is 0 Å². The van der Waals surface area contributed by atoms with Gasteiger partial charge in [0.15, 0.2) is 0 Å². The Morgan fingerprint density at radius 3 is 2.46 bits per heavy atom. The van der Waals surface area contributed by atoms with Gasteiger partial charge in [-0.2, -0.15) is 0 Å². The van der Waals surface area contributed by atoms with Crippen LogP contribution in [0.1, 0.15) is 44.8 Å². The predicted molar refractivity (Wildman–Crippen MR) is 105 cm³/mol. The molecule has 0 amide bonds. The van der Waals surface area contributed by atoms with Crippen molar-refractivity contribution in [1.29, 1.82) is 0 Å². The van der Waals surface area contributed by atoms with Gasteiger partial charge in [-0.1, -0.05) is 35.8 Å². The third-order valence-corrected chi connectivity index (χ3v) is 4.12. The van der Waals surface area contributed by atoms with Crippen LogP contribution >= 0.6 is 11.6 Å². The summed E-state index contributed by atoms with van der Waals surface area (Å²) in [7, 11) is 0. The molecule has 0 aromatic heterocycles. The molecule has 0 aliphatic carbocycles. The van der Waals surface area contributed by atoms with Gasteiger partial charge in [-0.25, -0.2) is 0 Å². The molecule has 2 aromatic carbocycles. The van der Waals surface area contributed by atoms with E-state index in [1.165, 1.54) is 0 Å². The smallest absolute Gasteiger partial charge is 0.119 e. The first-order valence-electron chi connectivity index (χ1n) is 13.7. The first kappa shape index (κ1) is 10.9. The van der Waals surface area contributed by atoms with Gasteiger partial charge in [0.25, 0.3) is 0 Å². The lowest BCUT2D eigenvalue weighted by Gasteiger charge is -2.40. The number of benzene rings is 2. The first-order chi connectivity index (χ1) is 17.7. The van der Waals surface area contributed by atoms with E-state index in [4.69, 9.17) is 36.2 Å². The van der Waals surface area contributed by atoms with Crippen LogP contribution in [0.2, 0.25) is 5.02 Å². The van der Waals surface area contributed by atoms with Gasteiger partial charge in [-0.3, -0.25) is 0 Å². The minimum Gasteiger partial charge on any atom is -0.494 e. The quantitative estimate of drug-likeness (QED) is 0.570. The van der Waals surface area contributed by atoms with Crippen LogP contribution in [0.4, 0.5) is 0 Å². The zero-order chi connectivity index (χ0) is 30.0. The molecule has 1 fully saturated rings. The molecule has 1 aliphatic heterocycles. The number of aliphatic hydroxyl groups excluding tert-OH is 1. The van der Waals surface area contributed by atoms with Gasteiger partial charge in [0.2, 0.25) is 0 Å². The first-order valence-corrected chi connectivity index (χ1v) is 8.58. The minimum absolute atomic E-state index is 0.0494. The molecule has 0 unspecified atom stereocenters. The van der Waals surface area contributed by atoms with Crippen molar-refractivity contribution < 1.29 is 45.0 Å². The summed E-state index contributed by atoms with van der Waals surface area (Å²) in [6.07, 6.45) is -18.0. The van der Waals surface area contributed by atoms with Crippen LogP contribution in [-0.4, -0.2) is 58.0 Å². The molecule has 4 N–H and O–H groups in total. The lowest BCUT2D eigenvalue weighted by molar-refractivity contribution is -0.231. The van der Waals surface area contributed by atoms with Gasteiger partial charge >= 0.3 is 0 Å². The number of rotatable bonds is 6. The third kappa shape index (κ3) is 4.49. The highest BCUT2D eigenvalue weighted by atomic mass is 35.5. The van der Waals surface area contributed by atoms with E-state index in [1.807, 2.05) is 0 Å². The summed E-state index contributed by atoms with van der Waals surface area (Å²) in [5.41, 5.74) is -1.57. The monoisotopic (exact) mass is 419 g/mol. The zero-order valence-corrected chi connectivity index (χ0v) is 15.4. The van der Waals surface area contributed by atoms with E-state index in [0.717, 1.165) is 0 Å². The van der Waals surface area contributed by atoms with E-state index in [2.05, 4.69) is 0 Å². The number of halogens is 1. The summed E-state index contributed by atoms with van der Waals surface area (Å²) in [6.45, 7) is 0.0903. The minimum atomic E-state index is -3.97. The molecule has 0 bridgehead atoms. The van der Waals surface area contributed by atoms with E-state index < -0.39 is 102 Å². The molecular weight excluding hydrogens is 384 g/mol. The van der Waals surface area contributed by atoms with Crippen molar-refractivity contribution in [2.75, 3.05) is 13.2 Å². The highest BCUT2D eigenvalue weighted by molar-refractivity contribution is 6.31. The van der Waals surface area contributed by atoms with E-state index >= 15 is 0 Å². The van der Waals surface area contributed by atoms with Crippen molar-refractivity contribution in [3.05, 3.63) is 64.0 Å². The Bertz CT molecular complexity index is 1290. The third-order valence-electron chi connectivity index (χ3n) is 3.80. The van der Waals surface area contributed by atoms with Crippen molar-refractivity contribution in [3.8, 4) is 5.75 Å². The summed E-state index contributed by atoms with van der Waals surface area (Å²) < 4.78 is 101. The van der Waals surface area contributed by atoms with Crippen molar-refractivity contribution in [2.24, 2.45) is 0 Å². The van der Waals surface area contributed by atoms with Crippen LogP contribution in [0.25, 0.3) is 0 Å². The molecule has 0 spiro atoms. The number of aliphatic hydroxyl groups is 4. The maximum Gasteiger partial charge on any atom is 0.119 e. The van der Waals surface area contributed by atoms with Crippen molar-refractivity contribution in [3.63, 3.8) is 0 Å². The Morgan fingerprint density at radius 1 is 1.11 bits per heavy atom. The molecule has 152 valence electrons. The summed E-state index contributed by atoms with van der Waals surface area (Å²) >= 11 is 6.23. The molecule has 28 heavy (non-hydrogen) atoms. The second-order valence-corrected chi connectivity index (χ2v) is 6.04. The topological polar surface area (TPSA) is 99.4 Å². The highest BCUT2D eigenvalue weighted by Gasteiger charge is 2.43. The number of ether oxygens (including phenoxy) is 2. The molecule has 1 heterocycles. The van der Waals surface area contributed by atoms with Gasteiger partial charge in [-0.15, -0.1) is 0 Å². The zero-order valence-electron chi connectivity index (χ0n) is 25.7. The maximum absolute atomic E-state index is 10.8. The summed E-state index contributed by atoms with van der Waals surface area (Å²) in [5, 5.41) is 40.7. The van der Waals surface area contributed by atoms with Crippen molar-refractivity contribution in [1.82, 2.24) is 0 Å². The molecule has 5 atom stereocenters. The fourth-order valence-electron chi connectivity index (χ4n) is 2.45. The normalized spacial score (nSPS) is 43.6. The average molecular weight is 420 g/mol. The molecule has 3 rings (SSSR count). The fraction of sp³-hybridized carbons (Fsp3) is 0.429. The second kappa shape index (κ2) is 9.22. The maximum atomic E-state index is 10.8. The van der Waals surface area contributed by atoms with E-state index in [1.54, 1.807) is 6.92 Å². The van der Waals surface area contributed by atoms with Crippen LogP contribution in [0.3, 0.4) is 0 Å². The Morgan fingerprint density at radius 2 is 1.82 bits per heavy atom. The molecule has 1 saturated heterocycles. The van der Waals surface area contributed by atoms with E-state index in [9.17, 15) is 20.4 Å². The number of hydrogen-bond donors (Lipinski definition) is 4. The summed E-state index contributed by atoms with van der Waals surface area (Å²) in [6, 6.07) is -4.82. The lowest BCUT2D eigenvalue weighted by atomic mass is 9.90.